The smallest absolute Gasteiger partial charge is 0.257 e. The zero-order chi connectivity index (χ0) is 14.7. The average molecular weight is 272 g/mol. The molecule has 0 saturated heterocycles. The second kappa shape index (κ2) is 5.77. The van der Waals surface area contributed by atoms with E-state index in [0.717, 1.165) is 34.9 Å². The second-order valence-corrected chi connectivity index (χ2v) is 4.84. The lowest BCUT2D eigenvalue weighted by atomic mass is 10.1. The van der Waals surface area contributed by atoms with Crippen molar-refractivity contribution in [2.75, 3.05) is 17.2 Å². The number of H-pyrrole nitrogens is 1. The van der Waals surface area contributed by atoms with E-state index in [4.69, 9.17) is 0 Å². The maximum Gasteiger partial charge on any atom is 0.257 e. The van der Waals surface area contributed by atoms with Crippen LogP contribution in [0, 0.1) is 20.8 Å². The molecule has 0 aliphatic rings. The highest BCUT2D eigenvalue weighted by atomic mass is 16.1. The molecule has 1 amide bonds. The summed E-state index contributed by atoms with van der Waals surface area (Å²) in [5, 5.41) is 13.1. The van der Waals surface area contributed by atoms with Crippen molar-refractivity contribution in [3.8, 4) is 0 Å². The summed E-state index contributed by atoms with van der Waals surface area (Å²) >= 11 is 0. The normalized spacial score (nSPS) is 10.4. The number of amides is 1. The highest BCUT2D eigenvalue weighted by Gasteiger charge is 2.15. The van der Waals surface area contributed by atoms with Crippen molar-refractivity contribution in [3.63, 3.8) is 0 Å². The van der Waals surface area contributed by atoms with Gasteiger partial charge in [-0.25, -0.2) is 0 Å². The third-order valence-corrected chi connectivity index (χ3v) is 3.15. The van der Waals surface area contributed by atoms with Crippen LogP contribution in [0.15, 0.2) is 18.2 Å². The van der Waals surface area contributed by atoms with E-state index in [1.54, 1.807) is 0 Å². The van der Waals surface area contributed by atoms with Gasteiger partial charge in [-0.15, -0.1) is 0 Å². The van der Waals surface area contributed by atoms with Gasteiger partial charge in [-0.2, -0.15) is 5.10 Å². The van der Waals surface area contributed by atoms with Crippen LogP contribution in [-0.4, -0.2) is 22.6 Å². The molecule has 1 heterocycles. The summed E-state index contributed by atoms with van der Waals surface area (Å²) < 4.78 is 0. The van der Waals surface area contributed by atoms with Gasteiger partial charge in [0, 0.05) is 12.2 Å². The van der Waals surface area contributed by atoms with Gasteiger partial charge in [-0.05, 0) is 39.8 Å². The van der Waals surface area contributed by atoms with E-state index in [9.17, 15) is 4.79 Å². The number of carbonyl (C=O) groups is 1. The molecular formula is C15H20N4O. The fraction of sp³-hybridized carbons (Fsp3) is 0.333. The summed E-state index contributed by atoms with van der Waals surface area (Å²) in [5.41, 5.74) is 4.93. The zero-order valence-electron chi connectivity index (χ0n) is 12.3. The summed E-state index contributed by atoms with van der Waals surface area (Å²) in [5.74, 6) is -0.128. The first-order chi connectivity index (χ1) is 9.52. The number of nitrogens with zero attached hydrogens (tertiary/aromatic N) is 1. The molecule has 2 aromatic rings. The van der Waals surface area contributed by atoms with E-state index in [2.05, 4.69) is 20.8 Å². The summed E-state index contributed by atoms with van der Waals surface area (Å²) in [6, 6.07) is 5.81. The minimum Gasteiger partial charge on any atom is -0.385 e. The number of aromatic nitrogens is 2. The SMILES string of the molecule is CCNc1ccc(C)cc1C(=O)Nc1c(C)n[nH]c1C. The molecule has 0 spiro atoms. The number of anilines is 2. The first-order valence-electron chi connectivity index (χ1n) is 6.70. The molecule has 0 saturated carbocycles. The van der Waals surface area contributed by atoms with Crippen molar-refractivity contribution in [1.82, 2.24) is 10.2 Å². The predicted molar refractivity (Wildman–Crippen MR) is 81.4 cm³/mol. The van der Waals surface area contributed by atoms with E-state index in [1.165, 1.54) is 0 Å². The number of benzene rings is 1. The van der Waals surface area contributed by atoms with Gasteiger partial charge in [0.15, 0.2) is 0 Å². The number of rotatable bonds is 4. The molecule has 1 aromatic heterocycles. The van der Waals surface area contributed by atoms with Gasteiger partial charge in [-0.3, -0.25) is 9.89 Å². The Labute approximate surface area is 118 Å². The van der Waals surface area contributed by atoms with Crippen molar-refractivity contribution in [2.45, 2.75) is 27.7 Å². The molecule has 0 unspecified atom stereocenters. The molecule has 20 heavy (non-hydrogen) atoms. The fourth-order valence-corrected chi connectivity index (χ4v) is 2.11. The Hall–Kier alpha value is -2.30. The van der Waals surface area contributed by atoms with Crippen LogP contribution in [0.4, 0.5) is 11.4 Å². The van der Waals surface area contributed by atoms with Gasteiger partial charge in [-0.1, -0.05) is 11.6 Å². The summed E-state index contributed by atoms with van der Waals surface area (Å²) in [4.78, 5) is 12.5. The van der Waals surface area contributed by atoms with Crippen molar-refractivity contribution in [1.29, 1.82) is 0 Å². The Morgan fingerprint density at radius 3 is 2.65 bits per heavy atom. The average Bonchev–Trinajstić information content (AvgIpc) is 2.73. The van der Waals surface area contributed by atoms with E-state index >= 15 is 0 Å². The van der Waals surface area contributed by atoms with Crippen LogP contribution in [0.1, 0.15) is 34.2 Å². The maximum atomic E-state index is 12.5. The Kier molecular flexibility index (Phi) is 4.08. The number of hydrogen-bond donors (Lipinski definition) is 3. The second-order valence-electron chi connectivity index (χ2n) is 4.84. The largest absolute Gasteiger partial charge is 0.385 e. The van der Waals surface area contributed by atoms with Crippen LogP contribution in [0.3, 0.4) is 0 Å². The fourth-order valence-electron chi connectivity index (χ4n) is 2.11. The highest BCUT2D eigenvalue weighted by Crippen LogP contribution is 2.21. The predicted octanol–water partition coefficient (Wildman–Crippen LogP) is 3.02. The summed E-state index contributed by atoms with van der Waals surface area (Å²) in [7, 11) is 0. The van der Waals surface area contributed by atoms with Crippen LogP contribution < -0.4 is 10.6 Å². The summed E-state index contributed by atoms with van der Waals surface area (Å²) in [6.45, 7) is 8.50. The lowest BCUT2D eigenvalue weighted by Gasteiger charge is -2.12. The minimum atomic E-state index is -0.128. The monoisotopic (exact) mass is 272 g/mol. The molecule has 0 atom stereocenters. The number of aryl methyl sites for hydroxylation is 3. The molecular weight excluding hydrogens is 252 g/mol. The molecule has 106 valence electrons. The molecule has 5 heteroatoms. The van der Waals surface area contributed by atoms with Crippen molar-refractivity contribution in [3.05, 3.63) is 40.7 Å². The Morgan fingerprint density at radius 2 is 2.05 bits per heavy atom. The summed E-state index contributed by atoms with van der Waals surface area (Å²) in [6.07, 6.45) is 0. The Bertz CT molecular complexity index is 611. The minimum absolute atomic E-state index is 0.128. The van der Waals surface area contributed by atoms with Gasteiger partial charge in [0.2, 0.25) is 0 Å². The number of nitrogens with one attached hydrogen (secondary N) is 3. The Morgan fingerprint density at radius 1 is 1.30 bits per heavy atom. The van der Waals surface area contributed by atoms with E-state index in [0.29, 0.717) is 5.56 Å². The molecule has 0 fully saturated rings. The van der Waals surface area contributed by atoms with Crippen molar-refractivity contribution < 1.29 is 4.79 Å². The van der Waals surface area contributed by atoms with Gasteiger partial charge in [0.25, 0.3) is 5.91 Å². The van der Waals surface area contributed by atoms with Gasteiger partial charge in [0.05, 0.1) is 22.6 Å². The third kappa shape index (κ3) is 2.82. The highest BCUT2D eigenvalue weighted by molar-refractivity contribution is 6.08. The quantitative estimate of drug-likeness (QED) is 0.801. The van der Waals surface area contributed by atoms with Crippen LogP contribution >= 0.6 is 0 Å². The van der Waals surface area contributed by atoms with Crippen molar-refractivity contribution in [2.24, 2.45) is 0 Å². The van der Waals surface area contributed by atoms with Gasteiger partial charge < -0.3 is 10.6 Å². The maximum absolute atomic E-state index is 12.5. The molecule has 1 aromatic carbocycles. The zero-order valence-corrected chi connectivity index (χ0v) is 12.3. The lowest BCUT2D eigenvalue weighted by Crippen LogP contribution is -2.16. The number of carbonyl (C=O) groups excluding carboxylic acids is 1. The lowest BCUT2D eigenvalue weighted by molar-refractivity contribution is 0.102. The third-order valence-electron chi connectivity index (χ3n) is 3.15. The number of aromatic amines is 1. The molecule has 3 N–H and O–H groups in total. The molecule has 0 bridgehead atoms. The molecule has 0 radical (unpaired) electrons. The van der Waals surface area contributed by atoms with E-state index < -0.39 is 0 Å². The van der Waals surface area contributed by atoms with Gasteiger partial charge >= 0.3 is 0 Å². The van der Waals surface area contributed by atoms with Crippen LogP contribution in [0.25, 0.3) is 0 Å². The van der Waals surface area contributed by atoms with E-state index in [1.807, 2.05) is 45.9 Å². The van der Waals surface area contributed by atoms with Crippen molar-refractivity contribution >= 4 is 17.3 Å². The topological polar surface area (TPSA) is 69.8 Å². The Balaban J connectivity index is 2.31. The van der Waals surface area contributed by atoms with Gasteiger partial charge in [0.1, 0.15) is 0 Å². The van der Waals surface area contributed by atoms with Crippen LogP contribution in [-0.2, 0) is 0 Å². The molecule has 0 aliphatic heterocycles. The van der Waals surface area contributed by atoms with E-state index in [-0.39, 0.29) is 5.91 Å². The molecule has 0 aliphatic carbocycles. The van der Waals surface area contributed by atoms with Crippen LogP contribution in [0.5, 0.6) is 0 Å². The standard InChI is InChI=1S/C15H20N4O/c1-5-16-13-7-6-9(2)8-12(13)15(20)17-14-10(3)18-19-11(14)4/h6-8,16H,5H2,1-4H3,(H,17,20)(H,18,19). The molecule has 2 rings (SSSR count). The first kappa shape index (κ1) is 14.1. The van der Waals surface area contributed by atoms with Crippen LogP contribution in [0.2, 0.25) is 0 Å². The molecule has 5 nitrogen and oxygen atoms in total. The first-order valence-corrected chi connectivity index (χ1v) is 6.70. The number of hydrogen-bond acceptors (Lipinski definition) is 3.